The fraction of sp³-hybridized carbons (Fsp3) is 0.158. The van der Waals surface area contributed by atoms with E-state index in [-0.39, 0.29) is 11.9 Å². The maximum atomic E-state index is 13.2. The number of hydrogen-bond acceptors (Lipinski definition) is 8. The van der Waals surface area contributed by atoms with Gasteiger partial charge in [-0.05, 0) is 36.8 Å². The highest BCUT2D eigenvalue weighted by Gasteiger charge is 2.15. The summed E-state index contributed by atoms with van der Waals surface area (Å²) in [6.45, 7) is 2.30. The first-order valence-electron chi connectivity index (χ1n) is 8.69. The van der Waals surface area contributed by atoms with Crippen LogP contribution >= 0.6 is 0 Å². The Morgan fingerprint density at radius 1 is 1.11 bits per heavy atom. The fourth-order valence-electron chi connectivity index (χ4n) is 2.74. The molecule has 0 fully saturated rings. The predicted octanol–water partition coefficient (Wildman–Crippen LogP) is 3.17. The van der Waals surface area contributed by atoms with Gasteiger partial charge in [-0.25, -0.2) is 14.4 Å². The van der Waals surface area contributed by atoms with Gasteiger partial charge in [-0.1, -0.05) is 17.3 Å². The molecule has 1 aliphatic heterocycles. The summed E-state index contributed by atoms with van der Waals surface area (Å²) in [5.74, 6) is 2.11. The molecule has 3 heterocycles. The highest BCUT2D eigenvalue weighted by Crippen LogP contribution is 2.23. The summed E-state index contributed by atoms with van der Waals surface area (Å²) in [5.41, 5.74) is 1.74. The number of aromatic nitrogens is 3. The van der Waals surface area contributed by atoms with Crippen LogP contribution in [0.4, 0.5) is 21.8 Å². The molecule has 28 heavy (non-hydrogen) atoms. The molecule has 0 saturated carbocycles. The zero-order valence-electron chi connectivity index (χ0n) is 15.1. The molecule has 0 amide bonds. The minimum atomic E-state index is -0.267. The van der Waals surface area contributed by atoms with Crippen molar-refractivity contribution >= 4 is 23.3 Å². The third-order valence-corrected chi connectivity index (χ3v) is 4.11. The molecular weight excluding hydrogens is 361 g/mol. The molecule has 2 aromatic heterocycles. The van der Waals surface area contributed by atoms with Crippen molar-refractivity contribution in [3.63, 3.8) is 0 Å². The Balaban J connectivity index is 1.62. The standard InChI is InChI=1S/C19H18FN7O/c1-12(13-2-4-15(20)5-3-13)24-16-8-14(19-23-11-28-27-19)9-17(25-16)26-18-10-21-6-7-22-18/h2-10,12H,11H2,1H3,(H,23,27)(H2,22,24,25,26)/t12-/m0/s1. The van der Waals surface area contributed by atoms with Crippen LogP contribution in [0.5, 0.6) is 0 Å². The molecule has 0 bridgehead atoms. The van der Waals surface area contributed by atoms with Crippen LogP contribution in [-0.4, -0.2) is 27.5 Å². The Hall–Kier alpha value is -3.75. The average Bonchev–Trinajstić information content (AvgIpc) is 3.24. The van der Waals surface area contributed by atoms with Crippen molar-refractivity contribution in [2.75, 3.05) is 17.4 Å². The third-order valence-electron chi connectivity index (χ3n) is 4.11. The lowest BCUT2D eigenvalue weighted by Gasteiger charge is -2.17. The van der Waals surface area contributed by atoms with Crippen molar-refractivity contribution in [2.45, 2.75) is 13.0 Å². The first-order valence-corrected chi connectivity index (χ1v) is 8.69. The van der Waals surface area contributed by atoms with Crippen molar-refractivity contribution in [2.24, 2.45) is 5.16 Å². The lowest BCUT2D eigenvalue weighted by Crippen LogP contribution is -2.20. The van der Waals surface area contributed by atoms with Crippen molar-refractivity contribution < 1.29 is 9.23 Å². The van der Waals surface area contributed by atoms with Crippen molar-refractivity contribution in [3.8, 4) is 0 Å². The molecule has 3 aromatic rings. The smallest absolute Gasteiger partial charge is 0.188 e. The van der Waals surface area contributed by atoms with Crippen molar-refractivity contribution in [1.29, 1.82) is 0 Å². The summed E-state index contributed by atoms with van der Waals surface area (Å²) in [6, 6.07) is 9.98. The summed E-state index contributed by atoms with van der Waals surface area (Å²) in [6.07, 6.45) is 4.80. The molecule has 1 atom stereocenters. The Morgan fingerprint density at radius 2 is 1.93 bits per heavy atom. The minimum absolute atomic E-state index is 0.0811. The number of rotatable bonds is 6. The predicted molar refractivity (Wildman–Crippen MR) is 104 cm³/mol. The zero-order valence-corrected chi connectivity index (χ0v) is 15.1. The van der Waals surface area contributed by atoms with Crippen LogP contribution in [0, 0.1) is 5.82 Å². The molecule has 1 aliphatic rings. The number of hydrogen-bond donors (Lipinski definition) is 3. The monoisotopic (exact) mass is 379 g/mol. The quantitative estimate of drug-likeness (QED) is 0.605. The number of oxime groups is 1. The van der Waals surface area contributed by atoms with Gasteiger partial charge in [0.1, 0.15) is 23.3 Å². The van der Waals surface area contributed by atoms with E-state index in [0.717, 1.165) is 11.1 Å². The first-order chi connectivity index (χ1) is 13.7. The van der Waals surface area contributed by atoms with Gasteiger partial charge >= 0.3 is 0 Å². The summed E-state index contributed by atoms with van der Waals surface area (Å²) in [7, 11) is 0. The van der Waals surface area contributed by atoms with Gasteiger partial charge in [0.2, 0.25) is 0 Å². The van der Waals surface area contributed by atoms with Crippen molar-refractivity contribution in [1.82, 2.24) is 20.3 Å². The number of benzene rings is 1. The molecule has 4 rings (SSSR count). The largest absolute Gasteiger partial charge is 0.372 e. The number of nitrogens with one attached hydrogen (secondary N) is 3. The maximum absolute atomic E-state index is 13.2. The van der Waals surface area contributed by atoms with Crippen molar-refractivity contribution in [3.05, 3.63) is 71.9 Å². The van der Waals surface area contributed by atoms with E-state index in [1.54, 1.807) is 30.7 Å². The number of amidine groups is 1. The van der Waals surface area contributed by atoms with Gasteiger partial charge in [0.25, 0.3) is 0 Å². The molecule has 3 N–H and O–H groups in total. The molecule has 1 aromatic carbocycles. The van der Waals surface area contributed by atoms with Crippen LogP contribution < -0.4 is 16.0 Å². The Morgan fingerprint density at radius 3 is 2.64 bits per heavy atom. The van der Waals surface area contributed by atoms with E-state index in [2.05, 4.69) is 36.1 Å². The number of halogens is 1. The van der Waals surface area contributed by atoms with Gasteiger partial charge in [-0.3, -0.25) is 4.98 Å². The van der Waals surface area contributed by atoms with Crippen LogP contribution in [-0.2, 0) is 4.84 Å². The average molecular weight is 379 g/mol. The second-order valence-electron chi connectivity index (χ2n) is 6.15. The van der Waals surface area contributed by atoms with Crippen LogP contribution in [0.1, 0.15) is 24.1 Å². The van der Waals surface area contributed by atoms with Gasteiger partial charge < -0.3 is 20.8 Å². The van der Waals surface area contributed by atoms with E-state index < -0.39 is 0 Å². The van der Waals surface area contributed by atoms with E-state index in [9.17, 15) is 4.39 Å². The fourth-order valence-corrected chi connectivity index (χ4v) is 2.74. The first kappa shape index (κ1) is 17.7. The SMILES string of the molecule is C[C@H](Nc1cc(C2=NOCN2)cc(Nc2cnccn2)n1)c1ccc(F)cc1. The Kier molecular flexibility index (Phi) is 4.96. The highest BCUT2D eigenvalue weighted by molar-refractivity contribution is 6.00. The Bertz CT molecular complexity index is 979. The third kappa shape index (κ3) is 4.14. The van der Waals surface area contributed by atoms with Gasteiger partial charge in [0.15, 0.2) is 12.6 Å². The normalized spacial score (nSPS) is 13.9. The number of anilines is 3. The topological polar surface area (TPSA) is 96.4 Å². The maximum Gasteiger partial charge on any atom is 0.188 e. The van der Waals surface area contributed by atoms with E-state index in [1.807, 2.05) is 19.1 Å². The van der Waals surface area contributed by atoms with Gasteiger partial charge in [-0.15, -0.1) is 0 Å². The van der Waals surface area contributed by atoms with Gasteiger partial charge in [0, 0.05) is 24.0 Å². The molecule has 0 unspecified atom stereocenters. The number of nitrogens with zero attached hydrogens (tertiary/aromatic N) is 4. The lowest BCUT2D eigenvalue weighted by atomic mass is 10.1. The van der Waals surface area contributed by atoms with E-state index >= 15 is 0 Å². The van der Waals surface area contributed by atoms with Gasteiger partial charge in [0.05, 0.1) is 6.20 Å². The summed E-state index contributed by atoms with van der Waals surface area (Å²) in [5, 5.41) is 13.5. The number of pyridine rings is 1. The van der Waals surface area contributed by atoms with Crippen LogP contribution in [0.3, 0.4) is 0 Å². The van der Waals surface area contributed by atoms with Crippen LogP contribution in [0.15, 0.2) is 60.1 Å². The van der Waals surface area contributed by atoms with E-state index in [4.69, 9.17) is 4.84 Å². The molecule has 0 spiro atoms. The second kappa shape index (κ2) is 7.87. The molecule has 8 nitrogen and oxygen atoms in total. The van der Waals surface area contributed by atoms with Gasteiger partial charge in [-0.2, -0.15) is 0 Å². The summed E-state index contributed by atoms with van der Waals surface area (Å²) >= 11 is 0. The van der Waals surface area contributed by atoms with E-state index in [1.165, 1.54) is 12.1 Å². The van der Waals surface area contributed by atoms with E-state index in [0.29, 0.717) is 30.0 Å². The summed E-state index contributed by atoms with van der Waals surface area (Å²) < 4.78 is 13.2. The summed E-state index contributed by atoms with van der Waals surface area (Å²) in [4.78, 5) is 17.9. The Labute approximate surface area is 160 Å². The highest BCUT2D eigenvalue weighted by atomic mass is 19.1. The molecule has 0 saturated heterocycles. The molecule has 0 aliphatic carbocycles. The second-order valence-corrected chi connectivity index (χ2v) is 6.15. The molecule has 142 valence electrons. The molecular formula is C19H18FN7O. The minimum Gasteiger partial charge on any atom is -0.372 e. The molecule has 9 heteroatoms. The lowest BCUT2D eigenvalue weighted by molar-refractivity contribution is 0.164. The molecule has 0 radical (unpaired) electrons. The van der Waals surface area contributed by atoms with Crippen LogP contribution in [0.25, 0.3) is 0 Å². The van der Waals surface area contributed by atoms with Crippen LogP contribution in [0.2, 0.25) is 0 Å². The zero-order chi connectivity index (χ0) is 19.3.